The molecule has 4 heterocycles. The summed E-state index contributed by atoms with van der Waals surface area (Å²) in [4.78, 5) is 12.4. The minimum absolute atomic E-state index is 0.105. The number of aryl methyl sites for hydroxylation is 1. The minimum Gasteiger partial charge on any atom is -0.382 e. The van der Waals surface area contributed by atoms with Crippen molar-refractivity contribution in [1.82, 2.24) is 19.5 Å². The van der Waals surface area contributed by atoms with Gasteiger partial charge in [0.1, 0.15) is 30.2 Å². The third kappa shape index (κ3) is 2.83. The van der Waals surface area contributed by atoms with Gasteiger partial charge in [0, 0.05) is 0 Å². The van der Waals surface area contributed by atoms with Gasteiger partial charge in [-0.25, -0.2) is 15.0 Å². The predicted octanol–water partition coefficient (Wildman–Crippen LogP) is 0.787. The quantitative estimate of drug-likeness (QED) is 0.484. The van der Waals surface area contributed by atoms with E-state index >= 15 is 0 Å². The highest BCUT2D eigenvalue weighted by molar-refractivity contribution is 7.86. The molecule has 2 aliphatic rings. The van der Waals surface area contributed by atoms with E-state index in [9.17, 15) is 8.42 Å². The summed E-state index contributed by atoms with van der Waals surface area (Å²) in [5.41, 5.74) is 7.79. The van der Waals surface area contributed by atoms with Crippen LogP contribution in [0.25, 0.3) is 11.2 Å². The van der Waals surface area contributed by atoms with E-state index in [1.807, 2.05) is 6.92 Å². The average Bonchev–Trinajstić information content (AvgIpc) is 3.20. The molecule has 0 radical (unpaired) electrons. The highest BCUT2D eigenvalue weighted by Gasteiger charge is 2.59. The van der Waals surface area contributed by atoms with Crippen LogP contribution >= 0.6 is 0 Å². The van der Waals surface area contributed by atoms with Gasteiger partial charge in [0.2, 0.25) is 0 Å². The van der Waals surface area contributed by atoms with E-state index < -0.39 is 22.4 Å². The first kappa shape index (κ1) is 17.5. The number of nitrogens with two attached hydrogens (primary N) is 1. The van der Waals surface area contributed by atoms with Crippen LogP contribution in [0.1, 0.15) is 11.8 Å². The van der Waals surface area contributed by atoms with Crippen molar-refractivity contribution in [3.63, 3.8) is 0 Å². The van der Waals surface area contributed by atoms with Crippen LogP contribution in [0.2, 0.25) is 0 Å². The molecule has 10 nitrogen and oxygen atoms in total. The maximum atomic E-state index is 12.4. The number of anilines is 1. The van der Waals surface area contributed by atoms with Crippen molar-refractivity contribution in [1.29, 1.82) is 0 Å². The second kappa shape index (κ2) is 6.21. The van der Waals surface area contributed by atoms with E-state index in [0.717, 1.165) is 5.56 Å². The van der Waals surface area contributed by atoms with E-state index in [0.29, 0.717) is 11.2 Å². The largest absolute Gasteiger partial charge is 0.382 e. The number of ether oxygens (including phenoxy) is 2. The van der Waals surface area contributed by atoms with Gasteiger partial charge in [-0.05, 0) is 19.1 Å². The lowest BCUT2D eigenvalue weighted by molar-refractivity contribution is -0.0781. The summed E-state index contributed by atoms with van der Waals surface area (Å²) in [6.07, 6.45) is 1.45. The third-order valence-corrected chi connectivity index (χ3v) is 6.18. The Labute approximate surface area is 160 Å². The Morgan fingerprint density at radius 3 is 2.71 bits per heavy atom. The first-order valence-electron chi connectivity index (χ1n) is 8.64. The zero-order valence-corrected chi connectivity index (χ0v) is 15.6. The number of fused-ring (bicyclic) bond motifs is 2. The number of nitrogens with zero attached hydrogens (tertiary/aromatic N) is 4. The van der Waals surface area contributed by atoms with Gasteiger partial charge in [-0.15, -0.1) is 0 Å². The van der Waals surface area contributed by atoms with E-state index in [4.69, 9.17) is 19.4 Å². The van der Waals surface area contributed by atoms with Gasteiger partial charge >= 0.3 is 0 Å². The molecule has 28 heavy (non-hydrogen) atoms. The van der Waals surface area contributed by atoms with Crippen LogP contribution in [-0.4, -0.2) is 52.9 Å². The van der Waals surface area contributed by atoms with Crippen molar-refractivity contribution in [3.8, 4) is 0 Å². The van der Waals surface area contributed by atoms with Crippen LogP contribution in [0.3, 0.4) is 0 Å². The molecule has 0 unspecified atom stereocenters. The fraction of sp³-hybridized carbons (Fsp3) is 0.353. The smallest absolute Gasteiger partial charge is 0.297 e. The van der Waals surface area contributed by atoms with Crippen LogP contribution < -0.4 is 5.73 Å². The van der Waals surface area contributed by atoms with Crippen molar-refractivity contribution >= 4 is 27.1 Å². The molecule has 1 aromatic carbocycles. The zero-order valence-electron chi connectivity index (χ0n) is 14.8. The lowest BCUT2D eigenvalue weighted by atomic mass is 10.2. The summed E-state index contributed by atoms with van der Waals surface area (Å²) >= 11 is 0. The van der Waals surface area contributed by atoms with Gasteiger partial charge in [-0.3, -0.25) is 8.75 Å². The summed E-state index contributed by atoms with van der Waals surface area (Å²) < 4.78 is 43.3. The second-order valence-corrected chi connectivity index (χ2v) is 8.38. The van der Waals surface area contributed by atoms with Crippen molar-refractivity contribution in [2.24, 2.45) is 0 Å². The molecule has 146 valence electrons. The molecule has 11 heteroatoms. The lowest BCUT2D eigenvalue weighted by Crippen LogP contribution is -2.25. The number of aromatic nitrogens is 4. The number of benzene rings is 1. The first-order chi connectivity index (χ1) is 13.4. The normalized spacial score (nSPS) is 26.5. The maximum absolute atomic E-state index is 12.4. The van der Waals surface area contributed by atoms with Gasteiger partial charge in [0.05, 0.1) is 17.8 Å². The molecule has 2 aliphatic heterocycles. The van der Waals surface area contributed by atoms with Crippen LogP contribution in [0.15, 0.2) is 41.8 Å². The number of hydrogen-bond donors (Lipinski definition) is 1. The number of rotatable bonds is 5. The van der Waals surface area contributed by atoms with Crippen molar-refractivity contribution < 1.29 is 22.1 Å². The Kier molecular flexibility index (Phi) is 3.88. The molecular formula is C17H17N5O5S. The molecule has 0 aliphatic carbocycles. The molecule has 2 N–H and O–H groups in total. The highest BCUT2D eigenvalue weighted by atomic mass is 32.2. The van der Waals surface area contributed by atoms with Crippen molar-refractivity contribution in [3.05, 3.63) is 42.5 Å². The molecule has 4 atom stereocenters. The fourth-order valence-corrected chi connectivity index (χ4v) is 4.26. The number of epoxide rings is 1. The molecule has 0 bridgehead atoms. The molecule has 0 saturated carbocycles. The number of nitrogen functional groups attached to an aromatic ring is 1. The van der Waals surface area contributed by atoms with Crippen molar-refractivity contribution in [2.45, 2.75) is 36.4 Å². The highest BCUT2D eigenvalue weighted by Crippen LogP contribution is 2.45. The summed E-state index contributed by atoms with van der Waals surface area (Å²) in [6, 6.07) is 6.47. The van der Waals surface area contributed by atoms with Gasteiger partial charge in [-0.1, -0.05) is 17.7 Å². The van der Waals surface area contributed by atoms with Gasteiger partial charge in [0.15, 0.2) is 17.7 Å². The minimum atomic E-state index is -3.87. The third-order valence-electron chi connectivity index (χ3n) is 4.88. The summed E-state index contributed by atoms with van der Waals surface area (Å²) in [5.74, 6) is 0.277. The molecule has 2 aromatic heterocycles. The lowest BCUT2D eigenvalue weighted by Gasteiger charge is -2.18. The van der Waals surface area contributed by atoms with Gasteiger partial charge in [-0.2, -0.15) is 8.42 Å². The summed E-state index contributed by atoms with van der Waals surface area (Å²) in [6.45, 7) is 1.74. The summed E-state index contributed by atoms with van der Waals surface area (Å²) in [5, 5.41) is 0. The van der Waals surface area contributed by atoms with E-state index in [2.05, 4.69) is 15.0 Å². The van der Waals surface area contributed by atoms with Crippen LogP contribution in [0, 0.1) is 6.92 Å². The van der Waals surface area contributed by atoms with E-state index in [-0.39, 0.29) is 29.5 Å². The molecule has 3 aromatic rings. The predicted molar refractivity (Wildman–Crippen MR) is 96.6 cm³/mol. The van der Waals surface area contributed by atoms with E-state index in [1.165, 1.54) is 18.5 Å². The number of hydrogen-bond acceptors (Lipinski definition) is 9. The molecule has 5 rings (SSSR count). The van der Waals surface area contributed by atoms with Crippen LogP contribution in [0.4, 0.5) is 5.82 Å². The summed E-state index contributed by atoms with van der Waals surface area (Å²) in [7, 11) is -3.87. The van der Waals surface area contributed by atoms with Crippen LogP contribution in [-0.2, 0) is 23.8 Å². The van der Waals surface area contributed by atoms with Gasteiger partial charge < -0.3 is 15.2 Å². The van der Waals surface area contributed by atoms with Gasteiger partial charge in [0.25, 0.3) is 10.1 Å². The standard InChI is InChI=1S/C17H17N5O5S/c1-9-2-4-10(5-3-9)28(23,24)25-6-11-13-14(27-13)17(26-11)22-8-21-12-15(18)19-7-20-16(12)22/h2-5,7-8,11,13-14,17H,6H2,1H3,(H2,18,19,20)/t11-,13-,14-,17-/m1/s1. The Balaban J connectivity index is 1.31. The molecule has 2 saturated heterocycles. The zero-order chi connectivity index (χ0) is 19.5. The monoisotopic (exact) mass is 403 g/mol. The Morgan fingerprint density at radius 2 is 1.93 bits per heavy atom. The average molecular weight is 403 g/mol. The number of imidazole rings is 1. The molecule has 2 fully saturated rings. The molecule has 0 spiro atoms. The van der Waals surface area contributed by atoms with E-state index in [1.54, 1.807) is 23.0 Å². The first-order valence-corrected chi connectivity index (χ1v) is 10.0. The molecule has 0 amide bonds. The Bertz CT molecular complexity index is 1150. The van der Waals surface area contributed by atoms with Crippen molar-refractivity contribution in [2.75, 3.05) is 12.3 Å². The topological polar surface area (TPSA) is 135 Å². The second-order valence-electron chi connectivity index (χ2n) is 6.77. The van der Waals surface area contributed by atoms with Crippen LogP contribution in [0.5, 0.6) is 0 Å². The Hall–Kier alpha value is -2.60. The maximum Gasteiger partial charge on any atom is 0.297 e. The fourth-order valence-electron chi connectivity index (χ4n) is 3.34. The molecular weight excluding hydrogens is 386 g/mol. The SMILES string of the molecule is Cc1ccc(S(=O)(=O)OC[C@H]2O[C@@H](n3cnc4c(N)ncnc43)[C@@H]3O[C@@H]32)cc1. The Morgan fingerprint density at radius 1 is 1.14 bits per heavy atom.